The highest BCUT2D eigenvalue weighted by atomic mass is 35.5. The number of methoxy groups -OCH3 is 1. The van der Waals surface area contributed by atoms with Gasteiger partial charge < -0.3 is 14.4 Å². The molecule has 0 aromatic heterocycles. The normalized spacial score (nSPS) is 11.9. The van der Waals surface area contributed by atoms with E-state index in [0.29, 0.717) is 5.02 Å². The maximum absolute atomic E-state index is 6.36. The molecule has 146 valence electrons. The summed E-state index contributed by atoms with van der Waals surface area (Å²) in [6.07, 6.45) is 1.85. The van der Waals surface area contributed by atoms with Crippen molar-refractivity contribution >= 4 is 23.6 Å². The largest absolute Gasteiger partial charge is 0.457 e. The standard InChI is InChI=1S/C22H29ClN2O2/c1-8-25(6)14-24-20-11-16(3)21(12-15(20)2)27-17-9-10-19(23)18(13-17)22(4,5)26-7/h9-14H,8H2,1-7H3/b24-14+. The fraction of sp³-hybridized carbons (Fsp3) is 0.409. The van der Waals surface area contributed by atoms with E-state index in [9.17, 15) is 0 Å². The molecule has 2 aromatic carbocycles. The fourth-order valence-electron chi connectivity index (χ4n) is 2.53. The van der Waals surface area contributed by atoms with Crippen LogP contribution in [0, 0.1) is 13.8 Å². The molecule has 4 nitrogen and oxygen atoms in total. The van der Waals surface area contributed by atoms with Crippen molar-refractivity contribution in [1.29, 1.82) is 0 Å². The smallest absolute Gasteiger partial charge is 0.130 e. The highest BCUT2D eigenvalue weighted by Crippen LogP contribution is 2.36. The first kappa shape index (κ1) is 21.3. The molecule has 0 unspecified atom stereocenters. The van der Waals surface area contributed by atoms with E-state index in [1.54, 1.807) is 7.11 Å². The Bertz CT molecular complexity index is 831. The van der Waals surface area contributed by atoms with Crippen LogP contribution in [0.15, 0.2) is 35.3 Å². The van der Waals surface area contributed by atoms with E-state index in [1.807, 2.05) is 76.3 Å². The van der Waals surface area contributed by atoms with Crippen LogP contribution in [-0.4, -0.2) is 31.9 Å². The number of benzene rings is 2. The van der Waals surface area contributed by atoms with Gasteiger partial charge in [0.05, 0.1) is 17.6 Å². The quantitative estimate of drug-likeness (QED) is 0.415. The lowest BCUT2D eigenvalue weighted by molar-refractivity contribution is 0.0192. The minimum Gasteiger partial charge on any atom is -0.457 e. The maximum Gasteiger partial charge on any atom is 0.130 e. The van der Waals surface area contributed by atoms with Crippen LogP contribution in [0.4, 0.5) is 5.69 Å². The predicted molar refractivity (Wildman–Crippen MR) is 114 cm³/mol. The Balaban J connectivity index is 2.32. The van der Waals surface area contributed by atoms with Crippen LogP contribution in [0.3, 0.4) is 0 Å². The summed E-state index contributed by atoms with van der Waals surface area (Å²) >= 11 is 6.36. The molecule has 0 fully saturated rings. The summed E-state index contributed by atoms with van der Waals surface area (Å²) in [5.74, 6) is 1.53. The minimum absolute atomic E-state index is 0.495. The Kier molecular flexibility index (Phi) is 6.90. The molecular weight excluding hydrogens is 360 g/mol. The topological polar surface area (TPSA) is 34.1 Å². The summed E-state index contributed by atoms with van der Waals surface area (Å²) in [4.78, 5) is 6.60. The molecule has 0 spiro atoms. The summed E-state index contributed by atoms with van der Waals surface area (Å²) in [5.41, 5.74) is 3.42. The van der Waals surface area contributed by atoms with Gasteiger partial charge >= 0.3 is 0 Å². The fourth-order valence-corrected chi connectivity index (χ4v) is 2.88. The molecule has 2 aromatic rings. The van der Waals surface area contributed by atoms with Gasteiger partial charge in [-0.15, -0.1) is 0 Å². The maximum atomic E-state index is 6.36. The van der Waals surface area contributed by atoms with Gasteiger partial charge in [-0.3, -0.25) is 0 Å². The predicted octanol–water partition coefficient (Wildman–Crippen LogP) is 6.24. The first-order valence-electron chi connectivity index (χ1n) is 9.06. The van der Waals surface area contributed by atoms with Crippen molar-refractivity contribution in [3.63, 3.8) is 0 Å². The summed E-state index contributed by atoms with van der Waals surface area (Å²) in [7, 11) is 3.68. The lowest BCUT2D eigenvalue weighted by Crippen LogP contribution is -2.19. The molecule has 0 radical (unpaired) electrons. The van der Waals surface area contributed by atoms with E-state index < -0.39 is 5.60 Å². The monoisotopic (exact) mass is 388 g/mol. The molecular formula is C22H29ClN2O2. The van der Waals surface area contributed by atoms with Crippen molar-refractivity contribution in [3.05, 3.63) is 52.0 Å². The van der Waals surface area contributed by atoms with E-state index in [0.717, 1.165) is 40.4 Å². The molecule has 0 bridgehead atoms. The number of hydrogen-bond donors (Lipinski definition) is 0. The summed E-state index contributed by atoms with van der Waals surface area (Å²) in [6.45, 7) is 11.0. The number of rotatable bonds is 7. The van der Waals surface area contributed by atoms with Gasteiger partial charge in [-0.2, -0.15) is 0 Å². The molecule has 0 N–H and O–H groups in total. The van der Waals surface area contributed by atoms with Crippen molar-refractivity contribution in [3.8, 4) is 11.5 Å². The molecule has 27 heavy (non-hydrogen) atoms. The molecule has 0 aliphatic carbocycles. The van der Waals surface area contributed by atoms with E-state index in [1.165, 1.54) is 0 Å². The molecule has 2 rings (SSSR count). The minimum atomic E-state index is -0.495. The number of nitrogens with zero attached hydrogens (tertiary/aromatic N) is 2. The average molecular weight is 389 g/mol. The number of ether oxygens (including phenoxy) is 2. The Morgan fingerprint density at radius 2 is 1.85 bits per heavy atom. The number of aliphatic imine (C=N–C) groups is 1. The van der Waals surface area contributed by atoms with Crippen molar-refractivity contribution in [1.82, 2.24) is 4.90 Å². The van der Waals surface area contributed by atoms with Crippen LogP contribution in [-0.2, 0) is 10.3 Å². The van der Waals surface area contributed by atoms with Crippen LogP contribution in [0.1, 0.15) is 37.5 Å². The SMILES string of the molecule is CCN(C)/C=N/c1cc(C)c(Oc2ccc(Cl)c(C(C)(C)OC)c2)cc1C. The van der Waals surface area contributed by atoms with Crippen LogP contribution < -0.4 is 4.74 Å². The van der Waals surface area contributed by atoms with E-state index >= 15 is 0 Å². The van der Waals surface area contributed by atoms with Crippen molar-refractivity contribution in [2.75, 3.05) is 20.7 Å². The lowest BCUT2D eigenvalue weighted by atomic mass is 9.98. The molecule has 0 aliphatic rings. The molecule has 5 heteroatoms. The second kappa shape index (κ2) is 8.77. The zero-order chi connectivity index (χ0) is 20.2. The third-order valence-corrected chi connectivity index (χ3v) is 5.04. The summed E-state index contributed by atoms with van der Waals surface area (Å²) in [5, 5.41) is 0.659. The summed E-state index contributed by atoms with van der Waals surface area (Å²) in [6, 6.07) is 9.70. The third-order valence-electron chi connectivity index (χ3n) is 4.71. The third kappa shape index (κ3) is 5.24. The molecule has 0 saturated carbocycles. The van der Waals surface area contributed by atoms with Gasteiger partial charge in [-0.1, -0.05) is 11.6 Å². The Labute approximate surface area is 167 Å². The van der Waals surface area contributed by atoms with E-state index in [2.05, 4.69) is 11.9 Å². The van der Waals surface area contributed by atoms with Crippen LogP contribution in [0.25, 0.3) is 0 Å². The van der Waals surface area contributed by atoms with Gasteiger partial charge in [0.25, 0.3) is 0 Å². The second-order valence-corrected chi connectivity index (χ2v) is 7.59. The zero-order valence-corrected chi connectivity index (χ0v) is 18.0. The van der Waals surface area contributed by atoms with Gasteiger partial charge in [-0.05, 0) is 76.1 Å². The first-order chi connectivity index (χ1) is 12.7. The van der Waals surface area contributed by atoms with Gasteiger partial charge in [0.15, 0.2) is 0 Å². The van der Waals surface area contributed by atoms with E-state index in [4.69, 9.17) is 21.1 Å². The lowest BCUT2D eigenvalue weighted by Gasteiger charge is -2.25. The number of aryl methyl sites for hydroxylation is 2. The molecule has 0 aliphatic heterocycles. The van der Waals surface area contributed by atoms with Gasteiger partial charge in [0.1, 0.15) is 11.5 Å². The number of hydrogen-bond acceptors (Lipinski definition) is 3. The van der Waals surface area contributed by atoms with Gasteiger partial charge in [-0.25, -0.2) is 4.99 Å². The Hall–Kier alpha value is -2.04. The van der Waals surface area contributed by atoms with Gasteiger partial charge in [0, 0.05) is 31.3 Å². The van der Waals surface area contributed by atoms with Crippen LogP contribution in [0.2, 0.25) is 5.02 Å². The molecule has 0 heterocycles. The van der Waals surface area contributed by atoms with Crippen molar-refractivity contribution < 1.29 is 9.47 Å². The molecule has 0 saturated heterocycles. The Morgan fingerprint density at radius 3 is 2.48 bits per heavy atom. The highest BCUT2D eigenvalue weighted by molar-refractivity contribution is 6.31. The number of halogens is 1. The highest BCUT2D eigenvalue weighted by Gasteiger charge is 2.23. The van der Waals surface area contributed by atoms with Gasteiger partial charge in [0.2, 0.25) is 0 Å². The second-order valence-electron chi connectivity index (χ2n) is 7.18. The first-order valence-corrected chi connectivity index (χ1v) is 9.44. The van der Waals surface area contributed by atoms with Crippen molar-refractivity contribution in [2.45, 2.75) is 40.2 Å². The average Bonchev–Trinajstić information content (AvgIpc) is 2.64. The Morgan fingerprint density at radius 1 is 1.15 bits per heavy atom. The summed E-state index contributed by atoms with van der Waals surface area (Å²) < 4.78 is 11.7. The van der Waals surface area contributed by atoms with Crippen LogP contribution >= 0.6 is 11.6 Å². The molecule has 0 atom stereocenters. The van der Waals surface area contributed by atoms with Crippen molar-refractivity contribution in [2.24, 2.45) is 4.99 Å². The van der Waals surface area contributed by atoms with E-state index in [-0.39, 0.29) is 0 Å². The molecule has 0 amide bonds. The zero-order valence-electron chi connectivity index (χ0n) is 17.3. The van der Waals surface area contributed by atoms with Crippen LogP contribution in [0.5, 0.6) is 11.5 Å².